The Bertz CT molecular complexity index is 287. The first-order valence-corrected chi connectivity index (χ1v) is 7.10. The SMILES string of the molecule is CCCC1N=CC(CC2CCCCC2)=C1Cl. The summed E-state index contributed by atoms with van der Waals surface area (Å²) in [5.41, 5.74) is 1.33. The summed E-state index contributed by atoms with van der Waals surface area (Å²) < 4.78 is 0. The van der Waals surface area contributed by atoms with E-state index in [1.807, 2.05) is 6.21 Å². The average molecular weight is 240 g/mol. The summed E-state index contributed by atoms with van der Waals surface area (Å²) in [6.07, 6.45) is 12.5. The summed E-state index contributed by atoms with van der Waals surface area (Å²) in [4.78, 5) is 4.52. The predicted octanol–water partition coefficient (Wildman–Crippen LogP) is 4.70. The molecule has 1 unspecified atom stereocenters. The summed E-state index contributed by atoms with van der Waals surface area (Å²) in [6.45, 7) is 2.19. The molecule has 1 saturated carbocycles. The van der Waals surface area contributed by atoms with Gasteiger partial charge in [0.25, 0.3) is 0 Å². The van der Waals surface area contributed by atoms with Crippen molar-refractivity contribution in [1.29, 1.82) is 0 Å². The molecular weight excluding hydrogens is 218 g/mol. The average Bonchev–Trinajstić information content (AvgIpc) is 2.64. The predicted molar refractivity (Wildman–Crippen MR) is 71.3 cm³/mol. The highest BCUT2D eigenvalue weighted by molar-refractivity contribution is 6.32. The molecule has 2 heteroatoms. The third-order valence-corrected chi connectivity index (χ3v) is 4.30. The van der Waals surface area contributed by atoms with E-state index in [1.165, 1.54) is 44.1 Å². The maximum Gasteiger partial charge on any atom is 0.0858 e. The molecule has 2 rings (SSSR count). The van der Waals surface area contributed by atoms with Gasteiger partial charge in [-0.3, -0.25) is 4.99 Å². The van der Waals surface area contributed by atoms with E-state index in [9.17, 15) is 0 Å². The van der Waals surface area contributed by atoms with Crippen molar-refractivity contribution in [3.63, 3.8) is 0 Å². The molecule has 1 nitrogen and oxygen atoms in total. The van der Waals surface area contributed by atoms with Crippen molar-refractivity contribution in [2.45, 2.75) is 64.3 Å². The zero-order chi connectivity index (χ0) is 11.4. The van der Waals surface area contributed by atoms with Crippen molar-refractivity contribution in [3.8, 4) is 0 Å². The highest BCUT2D eigenvalue weighted by Gasteiger charge is 2.22. The maximum atomic E-state index is 6.40. The monoisotopic (exact) mass is 239 g/mol. The van der Waals surface area contributed by atoms with Crippen molar-refractivity contribution in [1.82, 2.24) is 0 Å². The summed E-state index contributed by atoms with van der Waals surface area (Å²) in [5, 5.41) is 1.03. The summed E-state index contributed by atoms with van der Waals surface area (Å²) in [7, 11) is 0. The van der Waals surface area contributed by atoms with E-state index in [1.54, 1.807) is 0 Å². The zero-order valence-corrected chi connectivity index (χ0v) is 11.0. The molecule has 0 bridgehead atoms. The van der Waals surface area contributed by atoms with Crippen LogP contribution in [-0.2, 0) is 0 Å². The Labute approximate surface area is 104 Å². The fourth-order valence-corrected chi connectivity index (χ4v) is 3.14. The molecular formula is C14H22ClN. The Morgan fingerprint density at radius 3 is 2.75 bits per heavy atom. The Morgan fingerprint density at radius 1 is 1.31 bits per heavy atom. The van der Waals surface area contributed by atoms with Gasteiger partial charge in [0.1, 0.15) is 0 Å². The van der Waals surface area contributed by atoms with Crippen molar-refractivity contribution in [2.75, 3.05) is 0 Å². The minimum atomic E-state index is 0.283. The van der Waals surface area contributed by atoms with Crippen LogP contribution in [0.4, 0.5) is 0 Å². The second kappa shape index (κ2) is 5.86. The van der Waals surface area contributed by atoms with Crippen LogP contribution in [0.15, 0.2) is 15.6 Å². The van der Waals surface area contributed by atoms with Crippen LogP contribution in [-0.4, -0.2) is 12.3 Å². The standard InChI is InChI=1S/C14H22ClN/c1-2-6-13-14(15)12(10-16-13)9-11-7-4-3-5-8-11/h10-11,13H,2-9H2,1H3. The first kappa shape index (κ1) is 12.2. The van der Waals surface area contributed by atoms with Crippen LogP contribution in [0.1, 0.15) is 58.3 Å². The number of hydrogen-bond acceptors (Lipinski definition) is 1. The quantitative estimate of drug-likeness (QED) is 0.674. The van der Waals surface area contributed by atoms with Gasteiger partial charge in [-0.15, -0.1) is 0 Å². The Kier molecular flexibility index (Phi) is 4.45. The number of halogens is 1. The van der Waals surface area contributed by atoms with E-state index in [2.05, 4.69) is 11.9 Å². The zero-order valence-electron chi connectivity index (χ0n) is 10.2. The Hall–Kier alpha value is -0.300. The molecule has 0 radical (unpaired) electrons. The smallest absolute Gasteiger partial charge is 0.0858 e. The largest absolute Gasteiger partial charge is 0.284 e. The van der Waals surface area contributed by atoms with Crippen LogP contribution in [0, 0.1) is 5.92 Å². The number of nitrogens with zero attached hydrogens (tertiary/aromatic N) is 1. The molecule has 0 aromatic heterocycles. The minimum absolute atomic E-state index is 0.283. The van der Waals surface area contributed by atoms with Gasteiger partial charge in [0.05, 0.1) is 6.04 Å². The van der Waals surface area contributed by atoms with Gasteiger partial charge >= 0.3 is 0 Å². The molecule has 1 atom stereocenters. The van der Waals surface area contributed by atoms with Gasteiger partial charge in [-0.2, -0.15) is 0 Å². The normalized spacial score (nSPS) is 26.8. The Balaban J connectivity index is 1.91. The summed E-state index contributed by atoms with van der Waals surface area (Å²) in [6, 6.07) is 0.283. The lowest BCUT2D eigenvalue weighted by Crippen LogP contribution is -2.08. The molecule has 0 saturated heterocycles. The Morgan fingerprint density at radius 2 is 2.06 bits per heavy atom. The molecule has 1 aliphatic heterocycles. The number of rotatable bonds is 4. The maximum absolute atomic E-state index is 6.40. The van der Waals surface area contributed by atoms with Crippen LogP contribution in [0.25, 0.3) is 0 Å². The van der Waals surface area contributed by atoms with Crippen LogP contribution in [0.2, 0.25) is 0 Å². The van der Waals surface area contributed by atoms with Crippen molar-refractivity contribution in [3.05, 3.63) is 10.6 Å². The van der Waals surface area contributed by atoms with Gasteiger partial charge in [0.15, 0.2) is 0 Å². The molecule has 0 aromatic carbocycles. The van der Waals surface area contributed by atoms with Crippen LogP contribution < -0.4 is 0 Å². The van der Waals surface area contributed by atoms with Crippen LogP contribution in [0.5, 0.6) is 0 Å². The fraction of sp³-hybridized carbons (Fsp3) is 0.786. The van der Waals surface area contributed by atoms with Crippen molar-refractivity contribution < 1.29 is 0 Å². The lowest BCUT2D eigenvalue weighted by Gasteiger charge is -2.21. The highest BCUT2D eigenvalue weighted by Crippen LogP contribution is 2.33. The second-order valence-corrected chi connectivity index (χ2v) is 5.57. The molecule has 2 aliphatic rings. The number of allylic oxidation sites excluding steroid dienone is 1. The second-order valence-electron chi connectivity index (χ2n) is 5.16. The lowest BCUT2D eigenvalue weighted by atomic mass is 9.85. The summed E-state index contributed by atoms with van der Waals surface area (Å²) >= 11 is 6.40. The van der Waals surface area contributed by atoms with E-state index in [0.29, 0.717) is 0 Å². The van der Waals surface area contributed by atoms with E-state index in [0.717, 1.165) is 23.8 Å². The van der Waals surface area contributed by atoms with Gasteiger partial charge in [0.2, 0.25) is 0 Å². The topological polar surface area (TPSA) is 12.4 Å². The van der Waals surface area contributed by atoms with E-state index in [4.69, 9.17) is 11.6 Å². The molecule has 1 aliphatic carbocycles. The molecule has 1 heterocycles. The molecule has 0 N–H and O–H groups in total. The van der Waals surface area contributed by atoms with Gasteiger partial charge in [-0.05, 0) is 24.3 Å². The van der Waals surface area contributed by atoms with E-state index < -0.39 is 0 Å². The van der Waals surface area contributed by atoms with Gasteiger partial charge in [-0.1, -0.05) is 57.0 Å². The third kappa shape index (κ3) is 2.88. The van der Waals surface area contributed by atoms with Gasteiger partial charge in [0, 0.05) is 11.2 Å². The van der Waals surface area contributed by atoms with Gasteiger partial charge in [-0.25, -0.2) is 0 Å². The minimum Gasteiger partial charge on any atom is -0.284 e. The summed E-state index contributed by atoms with van der Waals surface area (Å²) in [5.74, 6) is 0.865. The fourth-order valence-electron chi connectivity index (χ4n) is 2.85. The van der Waals surface area contributed by atoms with Crippen LogP contribution >= 0.6 is 11.6 Å². The molecule has 0 spiro atoms. The first-order chi connectivity index (χ1) is 7.81. The third-order valence-electron chi connectivity index (χ3n) is 3.81. The molecule has 0 aromatic rings. The van der Waals surface area contributed by atoms with Crippen LogP contribution in [0.3, 0.4) is 0 Å². The van der Waals surface area contributed by atoms with E-state index in [-0.39, 0.29) is 6.04 Å². The lowest BCUT2D eigenvalue weighted by molar-refractivity contribution is 0.359. The molecule has 90 valence electrons. The first-order valence-electron chi connectivity index (χ1n) is 6.73. The van der Waals surface area contributed by atoms with Crippen molar-refractivity contribution in [2.24, 2.45) is 10.9 Å². The van der Waals surface area contributed by atoms with Gasteiger partial charge < -0.3 is 0 Å². The van der Waals surface area contributed by atoms with E-state index >= 15 is 0 Å². The van der Waals surface area contributed by atoms with Crippen molar-refractivity contribution >= 4 is 17.8 Å². The highest BCUT2D eigenvalue weighted by atomic mass is 35.5. The number of hydrogen-bond donors (Lipinski definition) is 0. The molecule has 16 heavy (non-hydrogen) atoms. The molecule has 0 amide bonds. The number of aliphatic imine (C=N–C) groups is 1. The molecule has 1 fully saturated rings.